The zero-order valence-electron chi connectivity index (χ0n) is 24.4. The van der Waals surface area contributed by atoms with Crippen LogP contribution in [0.2, 0.25) is 0 Å². The topological polar surface area (TPSA) is 97.3 Å². The largest absolute Gasteiger partial charge is 0.497 e. The number of carbonyl (C=O) groups excluding carboxylic acids is 1. The van der Waals surface area contributed by atoms with Gasteiger partial charge in [0.25, 0.3) is 0 Å². The van der Waals surface area contributed by atoms with Gasteiger partial charge in [-0.3, -0.25) is 14.5 Å². The van der Waals surface area contributed by atoms with E-state index in [9.17, 15) is 14.7 Å². The van der Waals surface area contributed by atoms with E-state index < -0.39 is 29.7 Å². The third kappa shape index (κ3) is 5.79. The summed E-state index contributed by atoms with van der Waals surface area (Å²) >= 11 is 0. The van der Waals surface area contributed by atoms with Crippen LogP contribution >= 0.6 is 0 Å². The molecular formula is C33H37FN2O6. The summed E-state index contributed by atoms with van der Waals surface area (Å²) in [5, 5.41) is 13.6. The molecule has 2 aliphatic heterocycles. The second kappa shape index (κ2) is 12.4. The van der Waals surface area contributed by atoms with Crippen LogP contribution < -0.4 is 19.5 Å². The summed E-state index contributed by atoms with van der Waals surface area (Å²) in [5.41, 5.74) is 4.93. The van der Waals surface area contributed by atoms with Crippen molar-refractivity contribution in [3.8, 4) is 17.2 Å². The number of amides is 1. The molecule has 0 saturated carbocycles. The number of nitrogens with one attached hydrogen (secondary N) is 1. The number of halogens is 1. The number of anilines is 1. The van der Waals surface area contributed by atoms with Gasteiger partial charge < -0.3 is 24.6 Å². The van der Waals surface area contributed by atoms with Crippen LogP contribution in [-0.2, 0) is 22.4 Å². The van der Waals surface area contributed by atoms with Crippen LogP contribution in [0.3, 0.4) is 0 Å². The number of carboxylic acid groups (broad SMARTS) is 1. The molecule has 42 heavy (non-hydrogen) atoms. The zero-order chi connectivity index (χ0) is 30.0. The average molecular weight is 577 g/mol. The van der Waals surface area contributed by atoms with E-state index in [1.54, 1.807) is 29.2 Å². The molecule has 1 fully saturated rings. The van der Waals surface area contributed by atoms with Gasteiger partial charge in [-0.1, -0.05) is 43.7 Å². The van der Waals surface area contributed by atoms with Gasteiger partial charge in [0.05, 0.1) is 25.6 Å². The maximum atomic E-state index is 15.5. The monoisotopic (exact) mass is 576 g/mol. The molecule has 2 aliphatic rings. The number of nitrogens with zero attached hydrogens (tertiary/aromatic N) is 1. The number of hydrogen-bond donors (Lipinski definition) is 2. The maximum absolute atomic E-state index is 15.5. The molecule has 1 amide bonds. The summed E-state index contributed by atoms with van der Waals surface area (Å²) < 4.78 is 32.1. The fraction of sp³-hybridized carbons (Fsp3) is 0.394. The van der Waals surface area contributed by atoms with Crippen LogP contribution in [0.5, 0.6) is 17.2 Å². The van der Waals surface area contributed by atoms with Crippen LogP contribution in [0.25, 0.3) is 0 Å². The Labute approximate surface area is 245 Å². The Morgan fingerprint density at radius 3 is 2.33 bits per heavy atom. The van der Waals surface area contributed by atoms with Crippen molar-refractivity contribution < 1.29 is 33.3 Å². The highest BCUT2D eigenvalue weighted by Crippen LogP contribution is 2.48. The minimum absolute atomic E-state index is 0.110. The van der Waals surface area contributed by atoms with Crippen molar-refractivity contribution in [1.82, 2.24) is 4.90 Å². The average Bonchev–Trinajstić information content (AvgIpc) is 3.36. The predicted molar refractivity (Wildman–Crippen MR) is 157 cm³/mol. The summed E-state index contributed by atoms with van der Waals surface area (Å²) in [7, 11) is 1.44. The van der Waals surface area contributed by atoms with Crippen molar-refractivity contribution >= 4 is 17.6 Å². The molecule has 3 atom stereocenters. The lowest BCUT2D eigenvalue weighted by atomic mass is 9.82. The number of likely N-dealkylation sites (tertiary alicyclic amines) is 1. The molecule has 2 heterocycles. The summed E-state index contributed by atoms with van der Waals surface area (Å²) in [6.07, 6.45) is 1.50. The van der Waals surface area contributed by atoms with Crippen molar-refractivity contribution in [2.45, 2.75) is 45.6 Å². The van der Waals surface area contributed by atoms with Crippen LogP contribution in [0.1, 0.15) is 53.6 Å². The zero-order valence-corrected chi connectivity index (χ0v) is 24.4. The van der Waals surface area contributed by atoms with Gasteiger partial charge >= 0.3 is 5.97 Å². The first-order chi connectivity index (χ1) is 20.2. The lowest BCUT2D eigenvalue weighted by Gasteiger charge is -2.27. The highest BCUT2D eigenvalue weighted by molar-refractivity contribution is 5.94. The number of aryl methyl sites for hydroxylation is 3. The molecule has 2 N–H and O–H groups in total. The van der Waals surface area contributed by atoms with E-state index in [0.717, 1.165) is 40.8 Å². The number of carboxylic acids is 1. The number of hydrogen-bond acceptors (Lipinski definition) is 6. The molecular weight excluding hydrogens is 539 g/mol. The van der Waals surface area contributed by atoms with E-state index >= 15 is 4.39 Å². The second-order valence-electron chi connectivity index (χ2n) is 10.8. The highest BCUT2D eigenvalue weighted by Gasteiger charge is 2.49. The smallest absolute Gasteiger partial charge is 0.309 e. The summed E-state index contributed by atoms with van der Waals surface area (Å²) in [6.45, 7) is 7.08. The van der Waals surface area contributed by atoms with Crippen LogP contribution in [0.4, 0.5) is 10.1 Å². The van der Waals surface area contributed by atoms with Crippen LogP contribution in [-0.4, -0.2) is 55.3 Å². The summed E-state index contributed by atoms with van der Waals surface area (Å²) in [6, 6.07) is 13.0. The van der Waals surface area contributed by atoms with Gasteiger partial charge in [-0.2, -0.15) is 0 Å². The third-order valence-electron chi connectivity index (χ3n) is 8.22. The molecule has 0 aromatic heterocycles. The number of carbonyl (C=O) groups is 2. The second-order valence-corrected chi connectivity index (χ2v) is 10.8. The fourth-order valence-electron chi connectivity index (χ4n) is 6.29. The molecule has 5 rings (SSSR count). The quantitative estimate of drug-likeness (QED) is 0.346. The first kappa shape index (κ1) is 29.4. The highest BCUT2D eigenvalue weighted by atomic mass is 19.1. The number of aliphatic carboxylic acids is 1. The first-order valence-electron chi connectivity index (χ1n) is 14.4. The molecule has 0 radical (unpaired) electrons. The molecule has 3 aromatic rings. The van der Waals surface area contributed by atoms with Crippen molar-refractivity contribution in [1.29, 1.82) is 0 Å². The Morgan fingerprint density at radius 1 is 1.02 bits per heavy atom. The minimum atomic E-state index is -1.07. The van der Waals surface area contributed by atoms with E-state index in [0.29, 0.717) is 30.5 Å². The fourth-order valence-corrected chi connectivity index (χ4v) is 6.29. The minimum Gasteiger partial charge on any atom is -0.497 e. The van der Waals surface area contributed by atoms with E-state index in [1.165, 1.54) is 13.2 Å². The van der Waals surface area contributed by atoms with Crippen LogP contribution in [0.15, 0.2) is 48.5 Å². The normalized spacial score (nSPS) is 19.9. The maximum Gasteiger partial charge on any atom is 0.309 e. The Balaban J connectivity index is 1.52. The third-order valence-corrected chi connectivity index (χ3v) is 8.22. The van der Waals surface area contributed by atoms with E-state index in [-0.39, 0.29) is 24.6 Å². The van der Waals surface area contributed by atoms with Gasteiger partial charge in [0, 0.05) is 29.8 Å². The number of fused-ring (bicyclic) bond motifs is 1. The van der Waals surface area contributed by atoms with Gasteiger partial charge in [-0.05, 0) is 54.7 Å². The lowest BCUT2D eigenvalue weighted by molar-refractivity contribution is -0.143. The number of rotatable bonds is 9. The molecule has 8 nitrogen and oxygen atoms in total. The van der Waals surface area contributed by atoms with Gasteiger partial charge in [0.1, 0.15) is 24.8 Å². The van der Waals surface area contributed by atoms with E-state index in [2.05, 4.69) is 17.4 Å². The summed E-state index contributed by atoms with van der Waals surface area (Å²) in [4.78, 5) is 28.3. The Bertz CT molecular complexity index is 1470. The number of ether oxygens (including phenoxy) is 3. The first-order valence-corrected chi connectivity index (χ1v) is 14.4. The number of benzene rings is 3. The van der Waals surface area contributed by atoms with E-state index in [1.807, 2.05) is 26.8 Å². The van der Waals surface area contributed by atoms with Crippen molar-refractivity contribution in [2.75, 3.05) is 38.7 Å². The Hall–Kier alpha value is -4.11. The van der Waals surface area contributed by atoms with Crippen LogP contribution in [0, 0.1) is 18.7 Å². The van der Waals surface area contributed by atoms with Crippen molar-refractivity contribution in [3.63, 3.8) is 0 Å². The van der Waals surface area contributed by atoms with Crippen molar-refractivity contribution in [3.05, 3.63) is 82.2 Å². The van der Waals surface area contributed by atoms with Gasteiger partial charge in [-0.25, -0.2) is 4.39 Å². The molecule has 3 aromatic carbocycles. The van der Waals surface area contributed by atoms with Crippen molar-refractivity contribution in [2.24, 2.45) is 5.92 Å². The van der Waals surface area contributed by atoms with Gasteiger partial charge in [0.15, 0.2) is 11.5 Å². The predicted octanol–water partition coefficient (Wildman–Crippen LogP) is 5.52. The van der Waals surface area contributed by atoms with Gasteiger partial charge in [-0.15, -0.1) is 0 Å². The van der Waals surface area contributed by atoms with E-state index in [4.69, 9.17) is 14.2 Å². The van der Waals surface area contributed by atoms with Gasteiger partial charge in [0.2, 0.25) is 5.91 Å². The number of methoxy groups -OCH3 is 1. The molecule has 9 heteroatoms. The molecule has 0 spiro atoms. The SMILES string of the molecule is CCc1cc(C)cc(CC)c1NC(=O)CN1C[C@H](c2ccc3c(c2)OCCO3)C(C(=O)O)[C@@H]1c1ccc(OC)cc1F. The Morgan fingerprint density at radius 2 is 1.71 bits per heavy atom. The molecule has 1 unspecified atom stereocenters. The molecule has 222 valence electrons. The summed E-state index contributed by atoms with van der Waals surface area (Å²) in [5.74, 6) is -2.03. The molecule has 1 saturated heterocycles. The molecule has 0 bridgehead atoms. The lowest BCUT2D eigenvalue weighted by Crippen LogP contribution is -2.36. The standard InChI is InChI=1S/C33H37FN2O6/c1-5-20-13-19(3)14-21(6-2)31(20)35-29(37)18-36-17-25(22-7-10-27-28(15-22)42-12-11-41-27)30(33(38)39)32(36)24-9-8-23(40-4)16-26(24)34/h7-10,13-16,25,30,32H,5-6,11-12,17-18H2,1-4H3,(H,35,37)(H,38,39)/t25-,30?,32+/m1/s1. The Kier molecular flexibility index (Phi) is 8.68. The molecule has 0 aliphatic carbocycles.